The summed E-state index contributed by atoms with van der Waals surface area (Å²) in [6, 6.07) is 0.209. The van der Waals surface area contributed by atoms with E-state index in [1.807, 2.05) is 20.9 Å². The fourth-order valence-electron chi connectivity index (χ4n) is 1.12. The summed E-state index contributed by atoms with van der Waals surface area (Å²) < 4.78 is 5.16. The summed E-state index contributed by atoms with van der Waals surface area (Å²) in [6.45, 7) is 3.85. The third-order valence-corrected chi connectivity index (χ3v) is 1.95. The summed E-state index contributed by atoms with van der Waals surface area (Å²) in [5.41, 5.74) is 0. The third kappa shape index (κ3) is 2.99. The molecule has 0 saturated carbocycles. The van der Waals surface area contributed by atoms with E-state index < -0.39 is 0 Å². The van der Waals surface area contributed by atoms with Gasteiger partial charge in [0.25, 0.3) is 0 Å². The minimum atomic E-state index is -0.0533. The molecule has 0 saturated heterocycles. The minimum absolute atomic E-state index is 0.0301. The fraction of sp³-hybridized carbons (Fsp3) is 0.875. The second-order valence-electron chi connectivity index (χ2n) is 2.77. The molecule has 0 amide bonds. The van der Waals surface area contributed by atoms with Gasteiger partial charge in [-0.15, -0.1) is 0 Å². The number of methoxy groups -OCH3 is 1. The van der Waals surface area contributed by atoms with Gasteiger partial charge >= 0.3 is 0 Å². The Morgan fingerprint density at radius 2 is 2.00 bits per heavy atom. The van der Waals surface area contributed by atoms with Crippen molar-refractivity contribution in [1.82, 2.24) is 5.32 Å². The fourth-order valence-corrected chi connectivity index (χ4v) is 1.12. The highest BCUT2D eigenvalue weighted by Gasteiger charge is 2.21. The van der Waals surface area contributed by atoms with Gasteiger partial charge in [-0.3, -0.25) is 0 Å². The van der Waals surface area contributed by atoms with E-state index >= 15 is 0 Å². The van der Waals surface area contributed by atoms with Crippen molar-refractivity contribution in [3.05, 3.63) is 0 Å². The number of rotatable bonds is 5. The Hall–Kier alpha value is -0.410. The number of hydrogen-bond acceptors (Lipinski definition) is 3. The molecule has 0 rings (SSSR count). The lowest BCUT2D eigenvalue weighted by Gasteiger charge is -2.24. The first-order chi connectivity index (χ1) is 5.17. The zero-order chi connectivity index (χ0) is 8.85. The third-order valence-electron chi connectivity index (χ3n) is 1.95. The van der Waals surface area contributed by atoms with Gasteiger partial charge in [0.2, 0.25) is 0 Å². The van der Waals surface area contributed by atoms with Crippen LogP contribution in [0.5, 0.6) is 0 Å². The van der Waals surface area contributed by atoms with Crippen LogP contribution in [0, 0.1) is 5.92 Å². The molecule has 0 aromatic rings. The molecule has 0 radical (unpaired) electrons. The van der Waals surface area contributed by atoms with Crippen LogP contribution < -0.4 is 5.32 Å². The number of ether oxygens (including phenoxy) is 1. The minimum Gasteiger partial charge on any atom is -0.379 e. The topological polar surface area (TPSA) is 38.3 Å². The Morgan fingerprint density at radius 3 is 2.27 bits per heavy atom. The van der Waals surface area contributed by atoms with Crippen molar-refractivity contribution in [3.8, 4) is 0 Å². The molecule has 0 aliphatic rings. The van der Waals surface area contributed by atoms with Gasteiger partial charge in [-0.25, -0.2) is 0 Å². The van der Waals surface area contributed by atoms with E-state index in [-0.39, 0.29) is 18.1 Å². The van der Waals surface area contributed by atoms with Crippen LogP contribution in [-0.2, 0) is 9.53 Å². The number of aldehydes is 1. The highest BCUT2D eigenvalue weighted by atomic mass is 16.5. The molecule has 11 heavy (non-hydrogen) atoms. The molecule has 0 aromatic heterocycles. The van der Waals surface area contributed by atoms with Crippen LogP contribution in [0.15, 0.2) is 0 Å². The average molecular weight is 159 g/mol. The van der Waals surface area contributed by atoms with Gasteiger partial charge in [-0.05, 0) is 14.0 Å². The molecule has 0 aliphatic heterocycles. The SMILES string of the molecule is CNC(C)C(OC)C(C)C=O. The predicted octanol–water partition coefficient (Wildman–Crippen LogP) is 0.444. The van der Waals surface area contributed by atoms with Crippen molar-refractivity contribution in [2.45, 2.75) is 26.0 Å². The molecule has 66 valence electrons. The largest absolute Gasteiger partial charge is 0.379 e. The maximum absolute atomic E-state index is 10.4. The average Bonchev–Trinajstić information content (AvgIpc) is 2.05. The van der Waals surface area contributed by atoms with E-state index in [4.69, 9.17) is 4.74 Å². The molecule has 0 bridgehead atoms. The van der Waals surface area contributed by atoms with Crippen LogP contribution in [0.4, 0.5) is 0 Å². The summed E-state index contributed by atoms with van der Waals surface area (Å²) in [6.07, 6.45) is 0.889. The van der Waals surface area contributed by atoms with Gasteiger partial charge in [0, 0.05) is 19.1 Å². The first-order valence-corrected chi connectivity index (χ1v) is 3.82. The second kappa shape index (κ2) is 5.27. The molecule has 1 N–H and O–H groups in total. The molecule has 0 aliphatic carbocycles. The molecule has 3 atom stereocenters. The molecular weight excluding hydrogens is 142 g/mol. The van der Waals surface area contributed by atoms with E-state index in [1.165, 1.54) is 0 Å². The molecule has 0 aromatic carbocycles. The van der Waals surface area contributed by atoms with E-state index in [1.54, 1.807) is 7.11 Å². The van der Waals surface area contributed by atoms with Crippen molar-refractivity contribution in [1.29, 1.82) is 0 Å². The first-order valence-electron chi connectivity index (χ1n) is 3.82. The number of carbonyl (C=O) groups is 1. The van der Waals surface area contributed by atoms with Gasteiger partial charge in [0.05, 0.1) is 6.10 Å². The zero-order valence-corrected chi connectivity index (χ0v) is 7.63. The van der Waals surface area contributed by atoms with Gasteiger partial charge in [-0.1, -0.05) is 6.92 Å². The van der Waals surface area contributed by atoms with E-state index in [2.05, 4.69) is 5.32 Å². The normalized spacial score (nSPS) is 18.9. The summed E-state index contributed by atoms with van der Waals surface area (Å²) in [5.74, 6) is -0.0533. The number of carbonyl (C=O) groups excluding carboxylic acids is 1. The molecule has 0 spiro atoms. The van der Waals surface area contributed by atoms with Gasteiger partial charge in [0.1, 0.15) is 6.29 Å². The smallest absolute Gasteiger partial charge is 0.125 e. The quantitative estimate of drug-likeness (QED) is 0.592. The first kappa shape index (κ1) is 10.6. The summed E-state index contributed by atoms with van der Waals surface area (Å²) in [5, 5.41) is 3.05. The predicted molar refractivity (Wildman–Crippen MR) is 44.5 cm³/mol. The molecule has 0 fully saturated rings. The highest BCUT2D eigenvalue weighted by Crippen LogP contribution is 2.07. The molecule has 3 heteroatoms. The standard InChI is InChI=1S/C8H17NO2/c1-6(5-10)8(11-4)7(2)9-3/h5-9H,1-4H3. The Morgan fingerprint density at radius 1 is 1.45 bits per heavy atom. The maximum Gasteiger partial charge on any atom is 0.125 e. The molecule has 3 nitrogen and oxygen atoms in total. The Kier molecular flexibility index (Phi) is 5.07. The van der Waals surface area contributed by atoms with Gasteiger partial charge in [0.15, 0.2) is 0 Å². The Bertz CT molecular complexity index is 117. The zero-order valence-electron chi connectivity index (χ0n) is 7.63. The summed E-state index contributed by atoms with van der Waals surface area (Å²) in [7, 11) is 3.48. The Balaban J connectivity index is 4.02. The number of hydrogen-bond donors (Lipinski definition) is 1. The summed E-state index contributed by atoms with van der Waals surface area (Å²) in [4.78, 5) is 10.4. The number of nitrogens with one attached hydrogen (secondary N) is 1. The lowest BCUT2D eigenvalue weighted by molar-refractivity contribution is -0.115. The van der Waals surface area contributed by atoms with Crippen molar-refractivity contribution >= 4 is 6.29 Å². The van der Waals surface area contributed by atoms with Crippen LogP contribution in [-0.4, -0.2) is 32.6 Å². The van der Waals surface area contributed by atoms with Crippen molar-refractivity contribution < 1.29 is 9.53 Å². The Labute approximate surface area is 68.1 Å². The monoisotopic (exact) mass is 159 g/mol. The molecular formula is C8H17NO2. The summed E-state index contributed by atoms with van der Waals surface area (Å²) >= 11 is 0. The van der Waals surface area contributed by atoms with E-state index in [9.17, 15) is 4.79 Å². The van der Waals surface area contributed by atoms with Crippen molar-refractivity contribution in [2.75, 3.05) is 14.2 Å². The maximum atomic E-state index is 10.4. The molecule has 3 unspecified atom stereocenters. The van der Waals surface area contributed by atoms with Crippen molar-refractivity contribution in [3.63, 3.8) is 0 Å². The van der Waals surface area contributed by atoms with Crippen LogP contribution in [0.1, 0.15) is 13.8 Å². The van der Waals surface area contributed by atoms with Crippen LogP contribution in [0.2, 0.25) is 0 Å². The van der Waals surface area contributed by atoms with Gasteiger partial charge < -0.3 is 14.8 Å². The van der Waals surface area contributed by atoms with E-state index in [0.29, 0.717) is 0 Å². The molecule has 0 heterocycles. The van der Waals surface area contributed by atoms with Gasteiger partial charge in [-0.2, -0.15) is 0 Å². The van der Waals surface area contributed by atoms with Crippen LogP contribution in [0.3, 0.4) is 0 Å². The van der Waals surface area contributed by atoms with Crippen LogP contribution in [0.25, 0.3) is 0 Å². The lowest BCUT2D eigenvalue weighted by Crippen LogP contribution is -2.40. The van der Waals surface area contributed by atoms with Crippen molar-refractivity contribution in [2.24, 2.45) is 5.92 Å². The highest BCUT2D eigenvalue weighted by molar-refractivity contribution is 5.54. The second-order valence-corrected chi connectivity index (χ2v) is 2.77. The van der Waals surface area contributed by atoms with Crippen LogP contribution >= 0.6 is 0 Å². The lowest BCUT2D eigenvalue weighted by atomic mass is 10.0. The van der Waals surface area contributed by atoms with E-state index in [0.717, 1.165) is 6.29 Å². The number of likely N-dealkylation sites (N-methyl/N-ethyl adjacent to an activating group) is 1.